The van der Waals surface area contributed by atoms with Gasteiger partial charge >= 0.3 is 12.1 Å². The minimum atomic E-state index is -4.47. The van der Waals surface area contributed by atoms with Gasteiger partial charge in [0.25, 0.3) is 0 Å². The average molecular weight is 421 g/mol. The van der Waals surface area contributed by atoms with Crippen LogP contribution in [0.5, 0.6) is 5.75 Å². The number of ether oxygens (including phenoxy) is 1. The average Bonchev–Trinajstić information content (AvgIpc) is 2.67. The van der Waals surface area contributed by atoms with E-state index < -0.39 is 17.7 Å². The van der Waals surface area contributed by atoms with Gasteiger partial charge in [-0.25, -0.2) is 0 Å². The number of hydrogen-bond acceptors (Lipinski definition) is 3. The molecule has 0 aliphatic carbocycles. The summed E-state index contributed by atoms with van der Waals surface area (Å²) in [6.07, 6.45) is -3.96. The lowest BCUT2D eigenvalue weighted by Crippen LogP contribution is -2.08. The van der Waals surface area contributed by atoms with Crippen LogP contribution in [0.1, 0.15) is 43.9 Å². The van der Waals surface area contributed by atoms with Gasteiger partial charge in [0, 0.05) is 11.3 Å². The van der Waals surface area contributed by atoms with Gasteiger partial charge < -0.3 is 9.84 Å². The molecule has 0 radical (unpaired) electrons. The van der Waals surface area contributed by atoms with Crippen molar-refractivity contribution in [3.8, 4) is 16.9 Å². The van der Waals surface area contributed by atoms with Crippen molar-refractivity contribution in [2.24, 2.45) is 10.9 Å². The maximum atomic E-state index is 13.3. The number of halogens is 3. The summed E-state index contributed by atoms with van der Waals surface area (Å²) >= 11 is 0. The first-order valence-electron chi connectivity index (χ1n) is 9.69. The van der Waals surface area contributed by atoms with Crippen LogP contribution in [0, 0.1) is 5.92 Å². The highest BCUT2D eigenvalue weighted by atomic mass is 19.4. The van der Waals surface area contributed by atoms with Crippen LogP contribution in [0.15, 0.2) is 41.4 Å². The number of hydrogen-bond donors (Lipinski definition) is 1. The third kappa shape index (κ3) is 5.84. The molecule has 0 atom stereocenters. The normalized spacial score (nSPS) is 12.3. The summed E-state index contributed by atoms with van der Waals surface area (Å²) in [6, 6.07) is 8.43. The molecule has 1 N–H and O–H groups in total. The predicted octanol–water partition coefficient (Wildman–Crippen LogP) is 6.02. The van der Waals surface area contributed by atoms with Gasteiger partial charge in [-0.3, -0.25) is 9.79 Å². The summed E-state index contributed by atoms with van der Waals surface area (Å²) in [7, 11) is 1.46. The first kappa shape index (κ1) is 23.4. The molecule has 162 valence electrons. The van der Waals surface area contributed by atoms with Crippen molar-refractivity contribution in [2.45, 2.75) is 46.3 Å². The molecule has 0 unspecified atom stereocenters. The van der Waals surface area contributed by atoms with Crippen LogP contribution in [0.25, 0.3) is 11.1 Å². The molecule has 0 heterocycles. The molecule has 2 aromatic rings. The fourth-order valence-electron chi connectivity index (χ4n) is 3.30. The lowest BCUT2D eigenvalue weighted by molar-refractivity contribution is -0.138. The van der Waals surface area contributed by atoms with Crippen molar-refractivity contribution in [2.75, 3.05) is 7.11 Å². The Kier molecular flexibility index (Phi) is 7.65. The molecule has 0 bridgehead atoms. The van der Waals surface area contributed by atoms with Gasteiger partial charge in [-0.1, -0.05) is 32.9 Å². The van der Waals surface area contributed by atoms with Gasteiger partial charge in [0.05, 0.1) is 25.6 Å². The predicted molar refractivity (Wildman–Crippen MR) is 111 cm³/mol. The second kappa shape index (κ2) is 9.78. The number of carbonyl (C=O) groups is 1. The molecular weight excluding hydrogens is 395 g/mol. The van der Waals surface area contributed by atoms with E-state index in [9.17, 15) is 18.0 Å². The summed E-state index contributed by atoms with van der Waals surface area (Å²) in [5.41, 5.74) is 2.18. The van der Waals surface area contributed by atoms with E-state index in [1.807, 2.05) is 20.8 Å². The van der Waals surface area contributed by atoms with Gasteiger partial charge in [0.1, 0.15) is 5.75 Å². The minimum absolute atomic E-state index is 0.0902. The Morgan fingerprint density at radius 3 is 2.37 bits per heavy atom. The molecule has 30 heavy (non-hydrogen) atoms. The first-order valence-corrected chi connectivity index (χ1v) is 9.69. The molecule has 0 aliphatic rings. The second-order valence-electron chi connectivity index (χ2n) is 7.29. The molecule has 4 nitrogen and oxygen atoms in total. The van der Waals surface area contributed by atoms with Crippen molar-refractivity contribution < 1.29 is 27.8 Å². The van der Waals surface area contributed by atoms with Gasteiger partial charge in [0.2, 0.25) is 0 Å². The SMILES string of the molecule is CCC(=NCc1cc(C(F)(F)F)ccc1-c1cc(CC(=O)O)ccc1OC)C(C)C. The first-order chi connectivity index (χ1) is 14.1. The zero-order valence-electron chi connectivity index (χ0n) is 17.5. The standard InChI is InChI=1S/C23H26F3NO3/c1-5-20(14(2)3)27-13-16-12-17(23(24,25)26)7-8-18(16)19-10-15(11-22(28)29)6-9-21(19)30-4/h6-10,12,14H,5,11,13H2,1-4H3,(H,28,29). The zero-order valence-corrected chi connectivity index (χ0v) is 17.5. The Bertz CT molecular complexity index is 934. The highest BCUT2D eigenvalue weighted by Gasteiger charge is 2.31. The monoisotopic (exact) mass is 421 g/mol. The van der Waals surface area contributed by atoms with E-state index in [4.69, 9.17) is 9.84 Å². The van der Waals surface area contributed by atoms with E-state index in [1.165, 1.54) is 13.2 Å². The molecule has 2 rings (SSSR count). The molecule has 0 spiro atoms. The van der Waals surface area contributed by atoms with Crippen molar-refractivity contribution >= 4 is 11.7 Å². The number of carboxylic acid groups (broad SMARTS) is 1. The molecule has 7 heteroatoms. The smallest absolute Gasteiger partial charge is 0.416 e. The van der Waals surface area contributed by atoms with Crippen LogP contribution in [-0.4, -0.2) is 23.9 Å². The molecule has 0 amide bonds. The molecule has 2 aromatic carbocycles. The third-order valence-electron chi connectivity index (χ3n) is 4.82. The van der Waals surface area contributed by atoms with Crippen molar-refractivity contribution in [1.29, 1.82) is 0 Å². The minimum Gasteiger partial charge on any atom is -0.496 e. The van der Waals surface area contributed by atoms with Crippen molar-refractivity contribution in [3.63, 3.8) is 0 Å². The molecule has 0 aromatic heterocycles. The fraction of sp³-hybridized carbons (Fsp3) is 0.391. The van der Waals surface area contributed by atoms with Crippen LogP contribution < -0.4 is 4.74 Å². The number of aliphatic imine (C=N–C) groups is 1. The third-order valence-corrected chi connectivity index (χ3v) is 4.82. The largest absolute Gasteiger partial charge is 0.496 e. The Balaban J connectivity index is 2.65. The number of alkyl halides is 3. The van der Waals surface area contributed by atoms with Gasteiger partial charge in [-0.2, -0.15) is 13.2 Å². The lowest BCUT2D eigenvalue weighted by atomic mass is 9.94. The molecule has 0 saturated carbocycles. The van der Waals surface area contributed by atoms with E-state index in [0.717, 1.165) is 17.8 Å². The summed E-state index contributed by atoms with van der Waals surface area (Å²) in [5.74, 6) is -0.348. The Hall–Kier alpha value is -2.83. The summed E-state index contributed by atoms with van der Waals surface area (Å²) in [5, 5.41) is 9.09. The Morgan fingerprint density at radius 2 is 1.83 bits per heavy atom. The molecule has 0 fully saturated rings. The number of nitrogens with zero attached hydrogens (tertiary/aromatic N) is 1. The van der Waals surface area contributed by atoms with Crippen LogP contribution in [0.2, 0.25) is 0 Å². The van der Waals surface area contributed by atoms with E-state index >= 15 is 0 Å². The topological polar surface area (TPSA) is 58.9 Å². The summed E-state index contributed by atoms with van der Waals surface area (Å²) in [6.45, 7) is 6.04. The Morgan fingerprint density at radius 1 is 1.13 bits per heavy atom. The number of benzene rings is 2. The van der Waals surface area contributed by atoms with Crippen molar-refractivity contribution in [3.05, 3.63) is 53.1 Å². The summed E-state index contributed by atoms with van der Waals surface area (Å²) < 4.78 is 45.4. The lowest BCUT2D eigenvalue weighted by Gasteiger charge is -2.17. The van der Waals surface area contributed by atoms with E-state index in [2.05, 4.69) is 4.99 Å². The molecular formula is C23H26F3NO3. The van der Waals surface area contributed by atoms with Crippen LogP contribution in [0.3, 0.4) is 0 Å². The van der Waals surface area contributed by atoms with E-state index in [1.54, 1.807) is 18.2 Å². The van der Waals surface area contributed by atoms with Gasteiger partial charge in [0.15, 0.2) is 0 Å². The number of carboxylic acids is 1. The fourth-order valence-corrected chi connectivity index (χ4v) is 3.30. The highest BCUT2D eigenvalue weighted by molar-refractivity contribution is 5.86. The Labute approximate surface area is 174 Å². The van der Waals surface area contributed by atoms with Crippen LogP contribution in [0.4, 0.5) is 13.2 Å². The van der Waals surface area contributed by atoms with Gasteiger partial charge in [-0.15, -0.1) is 0 Å². The van der Waals surface area contributed by atoms with E-state index in [0.29, 0.717) is 34.4 Å². The van der Waals surface area contributed by atoms with Crippen molar-refractivity contribution in [1.82, 2.24) is 0 Å². The number of methoxy groups -OCH3 is 1. The number of aliphatic carboxylic acids is 1. The maximum Gasteiger partial charge on any atom is 0.416 e. The van der Waals surface area contributed by atoms with E-state index in [-0.39, 0.29) is 18.9 Å². The number of rotatable bonds is 8. The molecule has 0 aliphatic heterocycles. The highest BCUT2D eigenvalue weighted by Crippen LogP contribution is 2.37. The summed E-state index contributed by atoms with van der Waals surface area (Å²) in [4.78, 5) is 15.7. The van der Waals surface area contributed by atoms with Crippen LogP contribution in [-0.2, 0) is 23.9 Å². The zero-order chi connectivity index (χ0) is 22.5. The maximum absolute atomic E-state index is 13.3. The molecule has 0 saturated heterocycles. The van der Waals surface area contributed by atoms with Crippen LogP contribution >= 0.6 is 0 Å². The second-order valence-corrected chi connectivity index (χ2v) is 7.29. The quantitative estimate of drug-likeness (QED) is 0.531. The van der Waals surface area contributed by atoms with Gasteiger partial charge in [-0.05, 0) is 53.3 Å².